The molecule has 0 aromatic carbocycles. The second-order valence-corrected chi connectivity index (χ2v) is 6.53. The number of carboxylic acids is 1. The minimum Gasteiger partial charge on any atom is -0.481 e. The lowest BCUT2D eigenvalue weighted by atomic mass is 9.87. The van der Waals surface area contributed by atoms with Crippen molar-refractivity contribution in [2.45, 2.75) is 52.2 Å². The molecule has 0 radical (unpaired) electrons. The van der Waals surface area contributed by atoms with Crippen molar-refractivity contribution in [2.24, 2.45) is 5.41 Å². The third kappa shape index (κ3) is 7.45. The Labute approximate surface area is 120 Å². The molecule has 0 aromatic rings. The van der Waals surface area contributed by atoms with Gasteiger partial charge in [0.05, 0.1) is 25.6 Å². The zero-order valence-electron chi connectivity index (χ0n) is 12.6. The van der Waals surface area contributed by atoms with Crippen LogP contribution in [0.2, 0.25) is 0 Å². The molecule has 6 nitrogen and oxygen atoms in total. The Morgan fingerprint density at radius 1 is 1.45 bits per heavy atom. The molecule has 2 atom stereocenters. The van der Waals surface area contributed by atoms with Gasteiger partial charge in [-0.15, -0.1) is 0 Å². The second-order valence-electron chi connectivity index (χ2n) is 6.53. The van der Waals surface area contributed by atoms with E-state index in [2.05, 4.69) is 10.6 Å². The maximum Gasteiger partial charge on any atom is 0.305 e. The van der Waals surface area contributed by atoms with Crippen LogP contribution >= 0.6 is 0 Å². The van der Waals surface area contributed by atoms with E-state index < -0.39 is 5.97 Å². The van der Waals surface area contributed by atoms with Gasteiger partial charge < -0.3 is 20.5 Å². The largest absolute Gasteiger partial charge is 0.481 e. The molecule has 1 rings (SSSR count). The van der Waals surface area contributed by atoms with Crippen LogP contribution in [-0.2, 0) is 14.3 Å². The van der Waals surface area contributed by atoms with E-state index in [-0.39, 0.29) is 36.3 Å². The Morgan fingerprint density at radius 3 is 2.65 bits per heavy atom. The van der Waals surface area contributed by atoms with Crippen LogP contribution < -0.4 is 10.6 Å². The van der Waals surface area contributed by atoms with Gasteiger partial charge in [0.1, 0.15) is 0 Å². The summed E-state index contributed by atoms with van der Waals surface area (Å²) in [5.41, 5.74) is -0.0315. The van der Waals surface area contributed by atoms with E-state index in [9.17, 15) is 9.59 Å². The van der Waals surface area contributed by atoms with Crippen molar-refractivity contribution >= 4 is 11.9 Å². The fourth-order valence-electron chi connectivity index (χ4n) is 2.37. The van der Waals surface area contributed by atoms with Crippen molar-refractivity contribution in [2.75, 3.05) is 19.7 Å². The number of ether oxygens (including phenoxy) is 1. The number of rotatable bonds is 6. The lowest BCUT2D eigenvalue weighted by molar-refractivity contribution is -0.138. The Hall–Kier alpha value is -1.14. The first kappa shape index (κ1) is 16.9. The van der Waals surface area contributed by atoms with Gasteiger partial charge >= 0.3 is 5.97 Å². The van der Waals surface area contributed by atoms with Crippen molar-refractivity contribution in [1.29, 1.82) is 0 Å². The Morgan fingerprint density at radius 2 is 2.15 bits per heavy atom. The van der Waals surface area contributed by atoms with Gasteiger partial charge in [-0.3, -0.25) is 9.59 Å². The smallest absolute Gasteiger partial charge is 0.305 e. The molecule has 20 heavy (non-hydrogen) atoms. The van der Waals surface area contributed by atoms with E-state index >= 15 is 0 Å². The van der Waals surface area contributed by atoms with Gasteiger partial charge in [0.25, 0.3) is 0 Å². The topological polar surface area (TPSA) is 87.7 Å². The van der Waals surface area contributed by atoms with Crippen molar-refractivity contribution in [3.05, 3.63) is 0 Å². The zero-order valence-corrected chi connectivity index (χ0v) is 12.6. The molecular formula is C14H26N2O4. The highest BCUT2D eigenvalue weighted by atomic mass is 16.5. The predicted octanol–water partition coefficient (Wildman–Crippen LogP) is 0.761. The molecule has 2 unspecified atom stereocenters. The molecule has 1 aliphatic heterocycles. The first-order valence-corrected chi connectivity index (χ1v) is 7.10. The number of hydrogen-bond acceptors (Lipinski definition) is 4. The molecule has 1 heterocycles. The first-order chi connectivity index (χ1) is 9.26. The van der Waals surface area contributed by atoms with Crippen LogP contribution in [0.3, 0.4) is 0 Å². The highest BCUT2D eigenvalue weighted by Crippen LogP contribution is 2.22. The Balaban J connectivity index is 2.45. The number of hydrogen-bond donors (Lipinski definition) is 3. The van der Waals surface area contributed by atoms with Gasteiger partial charge in [-0.25, -0.2) is 0 Å². The quantitative estimate of drug-likeness (QED) is 0.671. The number of morpholine rings is 1. The standard InChI is InChI=1S/C14H26N2O4/c1-14(2,3)8-10(6-13(18)19)16-12(17)7-11-9-15-4-5-20-11/h10-11,15H,4-9H2,1-3H3,(H,16,17)(H,18,19). The maximum atomic E-state index is 12.0. The molecule has 0 aliphatic carbocycles. The van der Waals surface area contributed by atoms with E-state index in [4.69, 9.17) is 9.84 Å². The van der Waals surface area contributed by atoms with Gasteiger partial charge in [0.15, 0.2) is 0 Å². The number of carbonyl (C=O) groups is 2. The van der Waals surface area contributed by atoms with Crippen LogP contribution in [0.5, 0.6) is 0 Å². The summed E-state index contributed by atoms with van der Waals surface area (Å²) in [6.07, 6.45) is 0.735. The molecule has 1 fully saturated rings. The Bertz CT molecular complexity index is 333. The summed E-state index contributed by atoms with van der Waals surface area (Å²) in [4.78, 5) is 22.9. The first-order valence-electron chi connectivity index (χ1n) is 7.10. The fraction of sp³-hybridized carbons (Fsp3) is 0.857. The molecule has 1 aliphatic rings. The van der Waals surface area contributed by atoms with Crippen molar-refractivity contribution in [3.8, 4) is 0 Å². The summed E-state index contributed by atoms with van der Waals surface area (Å²) in [6.45, 7) is 8.17. The molecule has 1 amide bonds. The van der Waals surface area contributed by atoms with Crippen molar-refractivity contribution in [1.82, 2.24) is 10.6 Å². The number of carboxylic acid groups (broad SMARTS) is 1. The summed E-state index contributed by atoms with van der Waals surface area (Å²) in [7, 11) is 0. The predicted molar refractivity (Wildman–Crippen MR) is 75.5 cm³/mol. The van der Waals surface area contributed by atoms with E-state index in [0.29, 0.717) is 19.6 Å². The molecule has 0 spiro atoms. The molecule has 0 saturated carbocycles. The molecule has 3 N–H and O–H groups in total. The van der Waals surface area contributed by atoms with Crippen molar-refractivity contribution < 1.29 is 19.4 Å². The fourth-order valence-corrected chi connectivity index (χ4v) is 2.37. The van der Waals surface area contributed by atoms with Crippen LogP contribution in [0.25, 0.3) is 0 Å². The average molecular weight is 286 g/mol. The summed E-state index contributed by atoms with van der Waals surface area (Å²) in [6, 6.07) is -0.337. The highest BCUT2D eigenvalue weighted by molar-refractivity contribution is 5.77. The summed E-state index contributed by atoms with van der Waals surface area (Å²) >= 11 is 0. The number of aliphatic carboxylic acids is 1. The average Bonchev–Trinajstić information content (AvgIpc) is 2.26. The monoisotopic (exact) mass is 286 g/mol. The minimum absolute atomic E-state index is 0.0315. The van der Waals surface area contributed by atoms with Crippen LogP contribution in [0.15, 0.2) is 0 Å². The number of nitrogens with one attached hydrogen (secondary N) is 2. The molecular weight excluding hydrogens is 260 g/mol. The minimum atomic E-state index is -0.893. The molecule has 6 heteroatoms. The number of amides is 1. The lowest BCUT2D eigenvalue weighted by Gasteiger charge is -2.27. The normalized spacial score (nSPS) is 21.2. The Kier molecular flexibility index (Phi) is 6.42. The molecule has 0 bridgehead atoms. The molecule has 116 valence electrons. The SMILES string of the molecule is CC(C)(C)CC(CC(=O)O)NC(=O)CC1CNCCO1. The number of carbonyl (C=O) groups excluding carboxylic acids is 1. The van der Waals surface area contributed by atoms with Gasteiger partial charge in [-0.2, -0.15) is 0 Å². The van der Waals surface area contributed by atoms with Crippen LogP contribution in [0.1, 0.15) is 40.0 Å². The van der Waals surface area contributed by atoms with E-state index in [1.165, 1.54) is 0 Å². The third-order valence-corrected chi connectivity index (χ3v) is 3.06. The summed E-state index contributed by atoms with van der Waals surface area (Å²) in [5.74, 6) is -1.04. The van der Waals surface area contributed by atoms with Crippen molar-refractivity contribution in [3.63, 3.8) is 0 Å². The molecule has 1 saturated heterocycles. The van der Waals surface area contributed by atoms with Crippen LogP contribution in [-0.4, -0.2) is 48.8 Å². The third-order valence-electron chi connectivity index (χ3n) is 3.06. The second kappa shape index (κ2) is 7.59. The van der Waals surface area contributed by atoms with Gasteiger partial charge in [0, 0.05) is 19.1 Å². The maximum absolute atomic E-state index is 12.0. The van der Waals surface area contributed by atoms with Gasteiger partial charge in [-0.1, -0.05) is 20.8 Å². The van der Waals surface area contributed by atoms with Crippen LogP contribution in [0, 0.1) is 5.41 Å². The van der Waals surface area contributed by atoms with E-state index in [1.54, 1.807) is 0 Å². The summed E-state index contributed by atoms with van der Waals surface area (Å²) < 4.78 is 5.47. The van der Waals surface area contributed by atoms with Gasteiger partial charge in [-0.05, 0) is 11.8 Å². The van der Waals surface area contributed by atoms with Gasteiger partial charge in [0.2, 0.25) is 5.91 Å². The van der Waals surface area contributed by atoms with E-state index in [0.717, 1.165) is 6.54 Å². The summed E-state index contributed by atoms with van der Waals surface area (Å²) in [5, 5.41) is 14.9. The van der Waals surface area contributed by atoms with E-state index in [1.807, 2.05) is 20.8 Å². The zero-order chi connectivity index (χ0) is 15.2. The lowest BCUT2D eigenvalue weighted by Crippen LogP contribution is -2.44. The van der Waals surface area contributed by atoms with Crippen LogP contribution in [0.4, 0.5) is 0 Å². The molecule has 0 aromatic heterocycles. The highest BCUT2D eigenvalue weighted by Gasteiger charge is 2.24.